The number of halogens is 1. The molecule has 21 heavy (non-hydrogen) atoms. The van der Waals surface area contributed by atoms with E-state index in [9.17, 15) is 9.59 Å². The summed E-state index contributed by atoms with van der Waals surface area (Å²) in [5.41, 5.74) is 0.512. The van der Waals surface area contributed by atoms with Crippen LogP contribution in [0.25, 0.3) is 0 Å². The molecule has 1 amide bonds. The third kappa shape index (κ3) is 5.04. The van der Waals surface area contributed by atoms with Crippen LogP contribution in [0.3, 0.4) is 0 Å². The van der Waals surface area contributed by atoms with Gasteiger partial charge in [0, 0.05) is 23.5 Å². The molecule has 0 aliphatic carbocycles. The second kappa shape index (κ2) is 8.02. The number of aliphatic carboxylic acids is 1. The van der Waals surface area contributed by atoms with E-state index in [1.807, 2.05) is 13.8 Å². The number of benzene rings is 1. The van der Waals surface area contributed by atoms with Crippen LogP contribution in [0.4, 0.5) is 0 Å². The number of carbonyl (C=O) groups is 2. The van der Waals surface area contributed by atoms with Gasteiger partial charge in [0.25, 0.3) is 5.91 Å². The summed E-state index contributed by atoms with van der Waals surface area (Å²) < 4.78 is 5.84. The highest BCUT2D eigenvalue weighted by Crippen LogP contribution is 2.24. The molecule has 0 radical (unpaired) electrons. The molecule has 0 heterocycles. The van der Waals surface area contributed by atoms with Crippen LogP contribution in [-0.2, 0) is 4.79 Å². The first-order valence-electron chi connectivity index (χ1n) is 6.73. The van der Waals surface area contributed by atoms with Crippen molar-refractivity contribution in [1.82, 2.24) is 4.90 Å². The maximum Gasteiger partial charge on any atom is 0.303 e. The third-order valence-electron chi connectivity index (χ3n) is 3.08. The highest BCUT2D eigenvalue weighted by atomic mass is 79.9. The monoisotopic (exact) mass is 357 g/mol. The summed E-state index contributed by atoms with van der Waals surface area (Å²) in [6.07, 6.45) is 0.483. The molecule has 1 aromatic rings. The molecule has 0 atom stereocenters. The van der Waals surface area contributed by atoms with Crippen molar-refractivity contribution < 1.29 is 19.4 Å². The van der Waals surface area contributed by atoms with Gasteiger partial charge in [-0.25, -0.2) is 0 Å². The SMILES string of the molecule is COc1ccc(Br)c(C(=O)N(CCCC(=O)O)C(C)C)c1. The van der Waals surface area contributed by atoms with Gasteiger partial charge in [0.05, 0.1) is 12.7 Å². The zero-order chi connectivity index (χ0) is 16.0. The molecule has 0 aliphatic rings. The van der Waals surface area contributed by atoms with E-state index in [-0.39, 0.29) is 18.4 Å². The number of carboxylic acids is 1. The van der Waals surface area contributed by atoms with Crippen molar-refractivity contribution in [2.24, 2.45) is 0 Å². The van der Waals surface area contributed by atoms with E-state index in [1.54, 1.807) is 30.2 Å². The molecular weight excluding hydrogens is 338 g/mol. The van der Waals surface area contributed by atoms with Crippen molar-refractivity contribution in [2.45, 2.75) is 32.7 Å². The quantitative estimate of drug-likeness (QED) is 0.813. The number of nitrogens with zero attached hydrogens (tertiary/aromatic N) is 1. The molecule has 0 bridgehead atoms. The number of ether oxygens (including phenoxy) is 1. The summed E-state index contributed by atoms with van der Waals surface area (Å²) in [4.78, 5) is 24.9. The molecule has 0 saturated heterocycles. The average Bonchev–Trinajstić information content (AvgIpc) is 2.42. The fourth-order valence-electron chi connectivity index (χ4n) is 1.94. The van der Waals surface area contributed by atoms with E-state index < -0.39 is 5.97 Å². The summed E-state index contributed by atoms with van der Waals surface area (Å²) in [6.45, 7) is 4.23. The van der Waals surface area contributed by atoms with Crippen molar-refractivity contribution in [1.29, 1.82) is 0 Å². The summed E-state index contributed by atoms with van der Waals surface area (Å²) in [6, 6.07) is 5.20. The lowest BCUT2D eigenvalue weighted by Crippen LogP contribution is -2.38. The fraction of sp³-hybridized carbons (Fsp3) is 0.467. The topological polar surface area (TPSA) is 66.8 Å². The van der Waals surface area contributed by atoms with E-state index in [2.05, 4.69) is 15.9 Å². The molecule has 0 aliphatic heterocycles. The molecule has 0 aromatic heterocycles. The first-order valence-corrected chi connectivity index (χ1v) is 7.52. The Morgan fingerprint density at radius 3 is 2.57 bits per heavy atom. The van der Waals surface area contributed by atoms with Crippen LogP contribution in [0, 0.1) is 0 Å². The number of carbonyl (C=O) groups excluding carboxylic acids is 1. The second-order valence-corrected chi connectivity index (χ2v) is 5.79. The number of hydrogen-bond donors (Lipinski definition) is 1. The van der Waals surface area contributed by atoms with Gasteiger partial charge >= 0.3 is 5.97 Å². The Labute approximate surface area is 133 Å². The number of methoxy groups -OCH3 is 1. The standard InChI is InChI=1S/C15H20BrNO4/c1-10(2)17(8-4-5-14(18)19)15(20)12-9-11(21-3)6-7-13(12)16/h6-7,9-10H,4-5,8H2,1-3H3,(H,18,19). The minimum Gasteiger partial charge on any atom is -0.497 e. The Balaban J connectivity index is 2.92. The van der Waals surface area contributed by atoms with Crippen molar-refractivity contribution >= 4 is 27.8 Å². The Hall–Kier alpha value is -1.56. The molecule has 6 heteroatoms. The van der Waals surface area contributed by atoms with E-state index in [0.29, 0.717) is 28.8 Å². The highest BCUT2D eigenvalue weighted by molar-refractivity contribution is 9.10. The van der Waals surface area contributed by atoms with Crippen molar-refractivity contribution in [3.05, 3.63) is 28.2 Å². The number of hydrogen-bond acceptors (Lipinski definition) is 3. The average molecular weight is 358 g/mol. The first-order chi connectivity index (χ1) is 9.86. The smallest absolute Gasteiger partial charge is 0.303 e. The van der Waals surface area contributed by atoms with Crippen molar-refractivity contribution in [3.8, 4) is 5.75 Å². The lowest BCUT2D eigenvalue weighted by molar-refractivity contribution is -0.137. The Morgan fingerprint density at radius 1 is 1.38 bits per heavy atom. The second-order valence-electron chi connectivity index (χ2n) is 4.94. The first kappa shape index (κ1) is 17.5. The molecule has 1 rings (SSSR count). The number of rotatable bonds is 7. The van der Waals surface area contributed by atoms with E-state index in [4.69, 9.17) is 9.84 Å². The normalized spacial score (nSPS) is 10.5. The minimum atomic E-state index is -0.853. The van der Waals surface area contributed by atoms with E-state index in [0.717, 1.165) is 0 Å². The Kier molecular flexibility index (Phi) is 6.68. The molecule has 116 valence electrons. The predicted molar refractivity (Wildman–Crippen MR) is 83.7 cm³/mol. The molecule has 1 aromatic carbocycles. The molecule has 5 nitrogen and oxygen atoms in total. The Morgan fingerprint density at radius 2 is 2.05 bits per heavy atom. The highest BCUT2D eigenvalue weighted by Gasteiger charge is 2.21. The van der Waals surface area contributed by atoms with Crippen molar-refractivity contribution in [2.75, 3.05) is 13.7 Å². The summed E-state index contributed by atoms with van der Waals surface area (Å²) in [5.74, 6) is -0.384. The molecule has 0 spiro atoms. The summed E-state index contributed by atoms with van der Waals surface area (Å²) in [7, 11) is 1.55. The van der Waals surface area contributed by atoms with Gasteiger partial charge in [0.15, 0.2) is 0 Å². The maximum absolute atomic E-state index is 12.6. The molecule has 0 fully saturated rings. The van der Waals surface area contributed by atoms with Crippen molar-refractivity contribution in [3.63, 3.8) is 0 Å². The molecule has 0 unspecified atom stereocenters. The molecule has 1 N–H and O–H groups in total. The molecular formula is C15H20BrNO4. The zero-order valence-electron chi connectivity index (χ0n) is 12.4. The number of carboxylic acid groups (broad SMARTS) is 1. The van der Waals surface area contributed by atoms with Gasteiger partial charge in [0.1, 0.15) is 5.75 Å². The summed E-state index contributed by atoms with van der Waals surface area (Å²) in [5, 5.41) is 8.71. The van der Waals surface area contributed by atoms with Crippen LogP contribution in [0.1, 0.15) is 37.0 Å². The van der Waals surface area contributed by atoms with Crippen LogP contribution in [0.5, 0.6) is 5.75 Å². The largest absolute Gasteiger partial charge is 0.497 e. The Bertz CT molecular complexity index is 516. The maximum atomic E-state index is 12.6. The minimum absolute atomic E-state index is 0.00982. The van der Waals surface area contributed by atoms with Gasteiger partial charge in [-0.15, -0.1) is 0 Å². The van der Waals surface area contributed by atoms with Gasteiger partial charge in [-0.2, -0.15) is 0 Å². The lowest BCUT2D eigenvalue weighted by atomic mass is 10.1. The van der Waals surface area contributed by atoms with Gasteiger partial charge in [0.2, 0.25) is 0 Å². The van der Waals surface area contributed by atoms with Crippen LogP contribution < -0.4 is 4.74 Å². The van der Waals surface area contributed by atoms with Gasteiger partial charge in [-0.1, -0.05) is 0 Å². The van der Waals surface area contributed by atoms with Crippen LogP contribution in [-0.4, -0.2) is 41.6 Å². The fourth-order valence-corrected chi connectivity index (χ4v) is 2.36. The van der Waals surface area contributed by atoms with Gasteiger partial charge < -0.3 is 14.7 Å². The van der Waals surface area contributed by atoms with Crippen LogP contribution in [0.2, 0.25) is 0 Å². The lowest BCUT2D eigenvalue weighted by Gasteiger charge is -2.27. The van der Waals surface area contributed by atoms with Crippen LogP contribution >= 0.6 is 15.9 Å². The third-order valence-corrected chi connectivity index (χ3v) is 3.77. The van der Waals surface area contributed by atoms with Gasteiger partial charge in [-0.05, 0) is 54.4 Å². The number of amides is 1. The zero-order valence-corrected chi connectivity index (χ0v) is 14.0. The van der Waals surface area contributed by atoms with Gasteiger partial charge in [-0.3, -0.25) is 9.59 Å². The summed E-state index contributed by atoms with van der Waals surface area (Å²) >= 11 is 3.37. The van der Waals surface area contributed by atoms with Crippen LogP contribution in [0.15, 0.2) is 22.7 Å². The van der Waals surface area contributed by atoms with E-state index in [1.165, 1.54) is 0 Å². The molecule has 0 saturated carbocycles. The van der Waals surface area contributed by atoms with E-state index >= 15 is 0 Å². The predicted octanol–water partition coefficient (Wildman–Crippen LogP) is 3.17.